The largest absolute Gasteiger partial charge is 0.356 e. The zero-order valence-electron chi connectivity index (χ0n) is 17.5. The van der Waals surface area contributed by atoms with E-state index in [0.717, 1.165) is 25.8 Å². The molecule has 0 spiro atoms. The van der Waals surface area contributed by atoms with Crippen LogP contribution in [0, 0.1) is 0 Å². The Morgan fingerprint density at radius 1 is 0.759 bits per heavy atom. The molecule has 2 heteroatoms. The second-order valence-electron chi connectivity index (χ2n) is 8.20. The molecule has 1 N–H and O–H groups in total. The first-order valence-corrected chi connectivity index (χ1v) is 11.2. The third-order valence-corrected chi connectivity index (χ3v) is 6.07. The normalized spacial score (nSPS) is 11.6. The van der Waals surface area contributed by atoms with Gasteiger partial charge in [-0.2, -0.15) is 0 Å². The highest BCUT2D eigenvalue weighted by atomic mass is 16.1. The molecular formula is C27H31NO. The monoisotopic (exact) mass is 385 g/mol. The molecule has 0 heterocycles. The lowest BCUT2D eigenvalue weighted by molar-refractivity contribution is -0.121. The zero-order chi connectivity index (χ0) is 20.1. The molecule has 0 atom stereocenters. The van der Waals surface area contributed by atoms with Crippen molar-refractivity contribution in [3.63, 3.8) is 0 Å². The molecule has 0 aliphatic carbocycles. The van der Waals surface area contributed by atoms with Gasteiger partial charge in [-0.3, -0.25) is 4.79 Å². The molecule has 0 aliphatic heterocycles. The van der Waals surface area contributed by atoms with Gasteiger partial charge in [0.25, 0.3) is 0 Å². The van der Waals surface area contributed by atoms with Crippen molar-refractivity contribution < 1.29 is 4.79 Å². The number of aryl methyl sites for hydroxylation is 1. The third-order valence-electron chi connectivity index (χ3n) is 6.07. The second-order valence-corrected chi connectivity index (χ2v) is 8.20. The molecule has 0 unspecified atom stereocenters. The molecule has 0 bridgehead atoms. The predicted octanol–water partition coefficient (Wildman–Crippen LogP) is 6.99. The topological polar surface area (TPSA) is 29.1 Å². The maximum atomic E-state index is 12.1. The van der Waals surface area contributed by atoms with Gasteiger partial charge in [0, 0.05) is 13.0 Å². The van der Waals surface area contributed by atoms with E-state index in [1.165, 1.54) is 63.6 Å². The van der Waals surface area contributed by atoms with Crippen LogP contribution in [0.3, 0.4) is 0 Å². The first-order valence-electron chi connectivity index (χ1n) is 11.2. The Balaban J connectivity index is 1.39. The molecule has 0 aliphatic rings. The number of hydrogen-bond donors (Lipinski definition) is 1. The third kappa shape index (κ3) is 4.37. The van der Waals surface area contributed by atoms with Crippen molar-refractivity contribution in [1.29, 1.82) is 0 Å². The van der Waals surface area contributed by atoms with Crippen LogP contribution in [0.2, 0.25) is 0 Å². The number of unbranched alkanes of at least 4 members (excludes halogenated alkanes) is 4. The Hall–Kier alpha value is -2.61. The van der Waals surface area contributed by atoms with Crippen LogP contribution >= 0.6 is 0 Å². The maximum absolute atomic E-state index is 12.1. The van der Waals surface area contributed by atoms with E-state index < -0.39 is 0 Å². The fraction of sp³-hybridized carbons (Fsp3) is 0.370. The lowest BCUT2D eigenvalue weighted by Gasteiger charge is -2.14. The maximum Gasteiger partial charge on any atom is 0.220 e. The van der Waals surface area contributed by atoms with Crippen LogP contribution in [0.1, 0.15) is 57.4 Å². The number of amides is 1. The lowest BCUT2D eigenvalue weighted by atomic mass is 9.90. The van der Waals surface area contributed by atoms with Crippen LogP contribution in [0.4, 0.5) is 0 Å². The Morgan fingerprint density at radius 2 is 1.45 bits per heavy atom. The Kier molecular flexibility index (Phi) is 6.29. The summed E-state index contributed by atoms with van der Waals surface area (Å²) in [5, 5.41) is 11.1. The molecule has 4 aromatic rings. The summed E-state index contributed by atoms with van der Waals surface area (Å²) in [5.41, 5.74) is 1.35. The van der Waals surface area contributed by atoms with Gasteiger partial charge in [0.1, 0.15) is 0 Å². The molecule has 0 saturated carbocycles. The van der Waals surface area contributed by atoms with Gasteiger partial charge in [0.2, 0.25) is 5.91 Å². The smallest absolute Gasteiger partial charge is 0.220 e. The van der Waals surface area contributed by atoms with E-state index in [9.17, 15) is 4.79 Å². The van der Waals surface area contributed by atoms with Crippen LogP contribution in [0.5, 0.6) is 0 Å². The van der Waals surface area contributed by atoms with Gasteiger partial charge in [-0.05, 0) is 57.1 Å². The number of carbonyl (C=O) groups is 1. The Morgan fingerprint density at radius 3 is 2.24 bits per heavy atom. The van der Waals surface area contributed by atoms with Crippen molar-refractivity contribution in [2.75, 3.05) is 6.54 Å². The van der Waals surface area contributed by atoms with E-state index in [1.54, 1.807) is 0 Å². The van der Waals surface area contributed by atoms with Crippen LogP contribution in [0.15, 0.2) is 54.6 Å². The van der Waals surface area contributed by atoms with Crippen LogP contribution in [-0.4, -0.2) is 12.5 Å². The van der Waals surface area contributed by atoms with Gasteiger partial charge < -0.3 is 5.32 Å². The molecule has 2 nitrogen and oxygen atoms in total. The van der Waals surface area contributed by atoms with Crippen molar-refractivity contribution in [1.82, 2.24) is 5.32 Å². The summed E-state index contributed by atoms with van der Waals surface area (Å²) >= 11 is 0. The van der Waals surface area contributed by atoms with Crippen molar-refractivity contribution in [2.45, 2.75) is 58.3 Å². The molecule has 0 fully saturated rings. The van der Waals surface area contributed by atoms with E-state index in [1.807, 2.05) is 0 Å². The van der Waals surface area contributed by atoms with Crippen LogP contribution < -0.4 is 5.32 Å². The predicted molar refractivity (Wildman–Crippen MR) is 125 cm³/mol. The number of hydrogen-bond acceptors (Lipinski definition) is 1. The van der Waals surface area contributed by atoms with E-state index in [2.05, 4.69) is 66.8 Å². The first kappa shape index (κ1) is 19.7. The highest BCUT2D eigenvalue weighted by Crippen LogP contribution is 2.36. The number of nitrogens with one attached hydrogen (secondary N) is 1. The van der Waals surface area contributed by atoms with Gasteiger partial charge in [-0.15, -0.1) is 0 Å². The molecule has 0 radical (unpaired) electrons. The number of carbonyl (C=O) groups excluding carboxylic acids is 1. The summed E-state index contributed by atoms with van der Waals surface area (Å²) < 4.78 is 0. The van der Waals surface area contributed by atoms with Crippen molar-refractivity contribution in [3.05, 3.63) is 60.2 Å². The molecule has 29 heavy (non-hydrogen) atoms. The summed E-state index contributed by atoms with van der Waals surface area (Å²) in [5.74, 6) is 0.193. The Labute approximate surface area is 173 Å². The van der Waals surface area contributed by atoms with Gasteiger partial charge >= 0.3 is 0 Å². The lowest BCUT2D eigenvalue weighted by Crippen LogP contribution is -2.24. The standard InChI is InChI=1S/C27H31NO/c1-2-3-4-5-6-19-28-25(29)12-8-9-20-13-14-23-16-15-21-10-7-11-22-17-18-24(20)27(23)26(21)22/h7,10-11,13-18H,2-6,8-9,12,19H2,1H3,(H,28,29). The van der Waals surface area contributed by atoms with Crippen molar-refractivity contribution >= 4 is 38.2 Å². The van der Waals surface area contributed by atoms with Gasteiger partial charge in [-0.25, -0.2) is 0 Å². The average Bonchev–Trinajstić information content (AvgIpc) is 2.75. The van der Waals surface area contributed by atoms with E-state index in [4.69, 9.17) is 0 Å². The molecule has 0 aromatic heterocycles. The highest BCUT2D eigenvalue weighted by molar-refractivity contribution is 6.23. The van der Waals surface area contributed by atoms with E-state index >= 15 is 0 Å². The number of rotatable bonds is 10. The zero-order valence-corrected chi connectivity index (χ0v) is 17.5. The van der Waals surface area contributed by atoms with Gasteiger partial charge in [0.15, 0.2) is 0 Å². The molecule has 150 valence electrons. The minimum atomic E-state index is 0.193. The fourth-order valence-corrected chi connectivity index (χ4v) is 4.50. The molecule has 4 aromatic carbocycles. The van der Waals surface area contributed by atoms with Crippen LogP contribution in [-0.2, 0) is 11.2 Å². The molecular weight excluding hydrogens is 354 g/mol. The second kappa shape index (κ2) is 9.26. The summed E-state index contributed by atoms with van der Waals surface area (Å²) in [6.45, 7) is 3.05. The van der Waals surface area contributed by atoms with E-state index in [0.29, 0.717) is 6.42 Å². The number of benzene rings is 4. The highest BCUT2D eigenvalue weighted by Gasteiger charge is 2.11. The minimum Gasteiger partial charge on any atom is -0.356 e. The minimum absolute atomic E-state index is 0.193. The summed E-state index contributed by atoms with van der Waals surface area (Å²) in [6.07, 6.45) is 8.60. The Bertz CT molecular complexity index is 1080. The molecule has 0 saturated heterocycles. The molecule has 4 rings (SSSR count). The van der Waals surface area contributed by atoms with Crippen LogP contribution in [0.25, 0.3) is 32.3 Å². The van der Waals surface area contributed by atoms with Gasteiger partial charge in [0.05, 0.1) is 0 Å². The van der Waals surface area contributed by atoms with Crippen molar-refractivity contribution in [3.8, 4) is 0 Å². The summed E-state index contributed by atoms with van der Waals surface area (Å²) in [7, 11) is 0. The van der Waals surface area contributed by atoms with Crippen molar-refractivity contribution in [2.24, 2.45) is 0 Å². The van der Waals surface area contributed by atoms with Gasteiger partial charge in [-0.1, -0.05) is 87.2 Å². The quantitative estimate of drug-likeness (QED) is 0.231. The molecule has 1 amide bonds. The fourth-order valence-electron chi connectivity index (χ4n) is 4.50. The SMILES string of the molecule is CCCCCCCNC(=O)CCCc1ccc2ccc3cccc4ccc1c2c34. The summed E-state index contributed by atoms with van der Waals surface area (Å²) in [6, 6.07) is 19.9. The van der Waals surface area contributed by atoms with E-state index in [-0.39, 0.29) is 5.91 Å². The summed E-state index contributed by atoms with van der Waals surface area (Å²) in [4.78, 5) is 12.1. The first-order chi connectivity index (χ1) is 14.3. The average molecular weight is 386 g/mol.